The lowest BCUT2D eigenvalue weighted by molar-refractivity contribution is 0.471. The normalized spacial score (nSPS) is 11.3. The highest BCUT2D eigenvalue weighted by Gasteiger charge is 2.12. The van der Waals surface area contributed by atoms with Crippen molar-refractivity contribution in [2.24, 2.45) is 0 Å². The highest BCUT2D eigenvalue weighted by atomic mass is 32.1. The van der Waals surface area contributed by atoms with Gasteiger partial charge >= 0.3 is 0 Å². The van der Waals surface area contributed by atoms with Crippen LogP contribution in [0.4, 0.5) is 8.78 Å². The highest BCUT2D eigenvalue weighted by molar-refractivity contribution is 7.71. The van der Waals surface area contributed by atoms with Crippen molar-refractivity contribution in [3.63, 3.8) is 0 Å². The molecule has 0 atom stereocenters. The topological polar surface area (TPSA) is 33.9 Å². The number of aromatic amines is 1. The number of hydrogen-bond donors (Lipinski definition) is 1. The van der Waals surface area contributed by atoms with Crippen LogP contribution >= 0.6 is 12.2 Å². The predicted octanol–water partition coefficient (Wildman–Crippen LogP) is 3.93. The maximum Gasteiger partial charge on any atom is 0.178 e. The number of halogens is 2. The first-order valence-electron chi connectivity index (χ1n) is 5.67. The van der Waals surface area contributed by atoms with E-state index < -0.39 is 11.6 Å². The Kier molecular flexibility index (Phi) is 2.74. The average molecular weight is 280 g/mol. The highest BCUT2D eigenvalue weighted by Crippen LogP contribution is 2.21. The third kappa shape index (κ3) is 2.08. The Morgan fingerprint density at radius 2 is 2.11 bits per heavy atom. The Hall–Kier alpha value is -1.95. The molecule has 0 aliphatic rings. The number of nitrogens with zero attached hydrogens (tertiary/aromatic N) is 1. The molecule has 3 aromatic rings. The fraction of sp³-hybridized carbons (Fsp3) is 0.154. The van der Waals surface area contributed by atoms with E-state index in [0.29, 0.717) is 22.6 Å². The summed E-state index contributed by atoms with van der Waals surface area (Å²) in [5.74, 6) is 0.164. The summed E-state index contributed by atoms with van der Waals surface area (Å²) in [6.45, 7) is 2.16. The van der Waals surface area contributed by atoms with Crippen molar-refractivity contribution in [2.45, 2.75) is 13.5 Å². The lowest BCUT2D eigenvalue weighted by Crippen LogP contribution is -1.98. The lowest BCUT2D eigenvalue weighted by Gasteiger charge is -2.02. The minimum atomic E-state index is -0.657. The van der Waals surface area contributed by atoms with Gasteiger partial charge in [-0.05, 0) is 37.3 Å². The van der Waals surface area contributed by atoms with Crippen LogP contribution in [0.5, 0.6) is 0 Å². The van der Waals surface area contributed by atoms with Crippen molar-refractivity contribution >= 4 is 23.3 Å². The molecule has 0 amide bonds. The summed E-state index contributed by atoms with van der Waals surface area (Å²) < 4.78 is 34.3. The molecule has 1 N–H and O–H groups in total. The van der Waals surface area contributed by atoms with Gasteiger partial charge in [0, 0.05) is 6.07 Å². The SMILES string of the molecule is Cc1ccc(Cn2c(=S)[nH]c3c(F)cc(F)cc32)o1. The van der Waals surface area contributed by atoms with Crippen molar-refractivity contribution < 1.29 is 13.2 Å². The van der Waals surface area contributed by atoms with Crippen molar-refractivity contribution in [1.82, 2.24) is 9.55 Å². The summed E-state index contributed by atoms with van der Waals surface area (Å²) >= 11 is 5.14. The zero-order chi connectivity index (χ0) is 13.6. The standard InChI is InChI=1S/C13H10F2N2OS/c1-7-2-3-9(18-7)6-17-11-5-8(14)4-10(15)12(11)16-13(17)19/h2-5H,6H2,1H3,(H,16,19). The second kappa shape index (κ2) is 4.31. The van der Waals surface area contributed by atoms with Gasteiger partial charge in [-0.3, -0.25) is 0 Å². The number of fused-ring (bicyclic) bond motifs is 1. The van der Waals surface area contributed by atoms with Crippen molar-refractivity contribution in [3.8, 4) is 0 Å². The zero-order valence-corrected chi connectivity index (χ0v) is 10.9. The number of imidazole rings is 1. The van der Waals surface area contributed by atoms with Gasteiger partial charge in [0.1, 0.15) is 22.9 Å². The Bertz CT molecular complexity index is 816. The van der Waals surface area contributed by atoms with Crippen LogP contribution in [-0.4, -0.2) is 9.55 Å². The molecule has 0 bridgehead atoms. The van der Waals surface area contributed by atoms with Gasteiger partial charge in [-0.15, -0.1) is 0 Å². The fourth-order valence-corrected chi connectivity index (χ4v) is 2.33. The van der Waals surface area contributed by atoms with Gasteiger partial charge in [0.25, 0.3) is 0 Å². The summed E-state index contributed by atoms with van der Waals surface area (Å²) in [5, 5.41) is 0. The van der Waals surface area contributed by atoms with E-state index in [1.165, 1.54) is 6.07 Å². The van der Waals surface area contributed by atoms with Gasteiger partial charge in [-0.1, -0.05) is 0 Å². The minimum absolute atomic E-state index is 0.203. The van der Waals surface area contributed by atoms with E-state index >= 15 is 0 Å². The molecule has 0 saturated heterocycles. The zero-order valence-electron chi connectivity index (χ0n) is 10.0. The molecule has 0 spiro atoms. The number of H-pyrrole nitrogens is 1. The third-order valence-electron chi connectivity index (χ3n) is 2.91. The van der Waals surface area contributed by atoms with Crippen LogP contribution < -0.4 is 0 Å². The molecule has 6 heteroatoms. The smallest absolute Gasteiger partial charge is 0.178 e. The molecule has 2 aromatic heterocycles. The van der Waals surface area contributed by atoms with Crippen molar-refractivity contribution in [1.29, 1.82) is 0 Å². The van der Waals surface area contributed by atoms with Crippen LogP contribution in [0.3, 0.4) is 0 Å². The van der Waals surface area contributed by atoms with Gasteiger partial charge in [0.15, 0.2) is 10.6 Å². The number of furan rings is 1. The maximum absolute atomic E-state index is 13.6. The Balaban J connectivity index is 2.18. The molecule has 98 valence electrons. The molecule has 0 saturated carbocycles. The Morgan fingerprint density at radius 3 is 2.79 bits per heavy atom. The molecule has 0 aliphatic heterocycles. The third-order valence-corrected chi connectivity index (χ3v) is 3.23. The summed E-state index contributed by atoms with van der Waals surface area (Å²) in [6.07, 6.45) is 0. The molecule has 0 aliphatic carbocycles. The largest absolute Gasteiger partial charge is 0.464 e. The molecule has 1 aromatic carbocycles. The second-order valence-corrected chi connectivity index (χ2v) is 4.70. The number of aryl methyl sites for hydroxylation is 1. The van der Waals surface area contributed by atoms with Crippen LogP contribution in [0.15, 0.2) is 28.7 Å². The quantitative estimate of drug-likeness (QED) is 0.722. The molecule has 3 nitrogen and oxygen atoms in total. The number of nitrogens with one attached hydrogen (secondary N) is 1. The van der Waals surface area contributed by atoms with E-state index in [4.69, 9.17) is 16.6 Å². The molecule has 3 rings (SSSR count). The Labute approximate surface area is 112 Å². The number of aromatic nitrogens is 2. The maximum atomic E-state index is 13.6. The van der Waals surface area contributed by atoms with E-state index in [1.807, 2.05) is 19.1 Å². The lowest BCUT2D eigenvalue weighted by atomic mass is 10.3. The van der Waals surface area contributed by atoms with Crippen LogP contribution in [0, 0.1) is 23.3 Å². The number of benzene rings is 1. The second-order valence-electron chi connectivity index (χ2n) is 4.31. The van der Waals surface area contributed by atoms with Gasteiger partial charge < -0.3 is 14.0 Å². The first-order valence-corrected chi connectivity index (χ1v) is 6.08. The first-order chi connectivity index (χ1) is 9.04. The molecule has 0 radical (unpaired) electrons. The van der Waals surface area contributed by atoms with Crippen LogP contribution in [0.2, 0.25) is 0 Å². The van der Waals surface area contributed by atoms with Crippen molar-refractivity contribution in [2.75, 3.05) is 0 Å². The van der Waals surface area contributed by atoms with E-state index in [0.717, 1.165) is 11.8 Å². The fourth-order valence-electron chi connectivity index (χ4n) is 2.06. The summed E-state index contributed by atoms with van der Waals surface area (Å²) in [7, 11) is 0. The predicted molar refractivity (Wildman–Crippen MR) is 69.6 cm³/mol. The molecular formula is C13H10F2N2OS. The van der Waals surface area contributed by atoms with E-state index in [1.54, 1.807) is 4.57 Å². The van der Waals surface area contributed by atoms with Crippen LogP contribution in [0.1, 0.15) is 11.5 Å². The van der Waals surface area contributed by atoms with Crippen LogP contribution in [0.25, 0.3) is 11.0 Å². The minimum Gasteiger partial charge on any atom is -0.464 e. The molecule has 2 heterocycles. The number of hydrogen-bond acceptors (Lipinski definition) is 2. The molecule has 0 unspecified atom stereocenters. The van der Waals surface area contributed by atoms with Gasteiger partial charge in [-0.25, -0.2) is 8.78 Å². The molecular weight excluding hydrogens is 270 g/mol. The van der Waals surface area contributed by atoms with E-state index in [-0.39, 0.29) is 5.52 Å². The van der Waals surface area contributed by atoms with Gasteiger partial charge in [-0.2, -0.15) is 0 Å². The summed E-state index contributed by atoms with van der Waals surface area (Å²) in [4.78, 5) is 2.74. The van der Waals surface area contributed by atoms with Gasteiger partial charge in [0.2, 0.25) is 0 Å². The Morgan fingerprint density at radius 1 is 1.32 bits per heavy atom. The van der Waals surface area contributed by atoms with Crippen LogP contribution in [-0.2, 0) is 6.54 Å². The molecule has 0 fully saturated rings. The summed E-state index contributed by atoms with van der Waals surface area (Å²) in [5.41, 5.74) is 0.589. The van der Waals surface area contributed by atoms with Crippen molar-refractivity contribution in [3.05, 3.63) is 52.2 Å². The average Bonchev–Trinajstić information content (AvgIpc) is 2.87. The monoisotopic (exact) mass is 280 g/mol. The van der Waals surface area contributed by atoms with E-state index in [2.05, 4.69) is 4.98 Å². The number of rotatable bonds is 2. The van der Waals surface area contributed by atoms with Gasteiger partial charge in [0.05, 0.1) is 12.1 Å². The van der Waals surface area contributed by atoms with E-state index in [9.17, 15) is 8.78 Å². The first kappa shape index (κ1) is 12.1. The molecule has 19 heavy (non-hydrogen) atoms. The summed E-state index contributed by atoms with van der Waals surface area (Å²) in [6, 6.07) is 5.72.